The van der Waals surface area contributed by atoms with Gasteiger partial charge in [0.1, 0.15) is 11.4 Å². The molecular formula is C25H24N6O2S. The Morgan fingerprint density at radius 1 is 1.09 bits per heavy atom. The second kappa shape index (κ2) is 10.8. The first kappa shape index (κ1) is 23.2. The van der Waals surface area contributed by atoms with Crippen LogP contribution in [0.1, 0.15) is 17.0 Å². The fourth-order valence-electron chi connectivity index (χ4n) is 3.26. The lowest BCUT2D eigenvalue weighted by molar-refractivity contribution is -0.118. The number of nitrogens with one attached hydrogen (secondary N) is 1. The first-order chi connectivity index (χ1) is 16.5. The van der Waals surface area contributed by atoms with Crippen LogP contribution in [0.25, 0.3) is 16.9 Å². The summed E-state index contributed by atoms with van der Waals surface area (Å²) >= 11 is 1.27. The molecule has 9 heteroatoms. The van der Waals surface area contributed by atoms with Crippen LogP contribution in [-0.2, 0) is 4.79 Å². The number of carbonyl (C=O) groups excluding carboxylic acids is 1. The van der Waals surface area contributed by atoms with Gasteiger partial charge in [-0.2, -0.15) is 10.2 Å². The molecule has 0 atom stereocenters. The Morgan fingerprint density at radius 2 is 1.79 bits per heavy atom. The van der Waals surface area contributed by atoms with Crippen LogP contribution in [0.5, 0.6) is 5.75 Å². The van der Waals surface area contributed by atoms with Crippen molar-refractivity contribution in [3.63, 3.8) is 0 Å². The van der Waals surface area contributed by atoms with Crippen LogP contribution in [0.3, 0.4) is 0 Å². The lowest BCUT2D eigenvalue weighted by Gasteiger charge is -2.03. The molecule has 8 nitrogen and oxygen atoms in total. The van der Waals surface area contributed by atoms with Crippen molar-refractivity contribution in [3.8, 4) is 22.7 Å². The second-order valence-electron chi connectivity index (χ2n) is 7.46. The Balaban J connectivity index is 1.50. The zero-order valence-corrected chi connectivity index (χ0v) is 19.9. The Morgan fingerprint density at radius 3 is 2.47 bits per heavy atom. The number of amides is 1. The molecule has 4 aromatic rings. The Kier molecular flexibility index (Phi) is 7.34. The van der Waals surface area contributed by atoms with Crippen molar-refractivity contribution in [2.45, 2.75) is 19.0 Å². The summed E-state index contributed by atoms with van der Waals surface area (Å²) in [4.78, 5) is 21.0. The minimum atomic E-state index is -0.245. The van der Waals surface area contributed by atoms with E-state index in [0.29, 0.717) is 5.16 Å². The van der Waals surface area contributed by atoms with E-state index in [1.165, 1.54) is 11.8 Å². The topological polar surface area (TPSA) is 94.3 Å². The predicted molar refractivity (Wildman–Crippen MR) is 134 cm³/mol. The third kappa shape index (κ3) is 5.87. The van der Waals surface area contributed by atoms with E-state index in [9.17, 15) is 4.79 Å². The van der Waals surface area contributed by atoms with E-state index < -0.39 is 0 Å². The highest BCUT2D eigenvalue weighted by Crippen LogP contribution is 2.25. The molecular weight excluding hydrogens is 448 g/mol. The SMILES string of the molecule is COc1ccc(-c2nn(-c3ccccc3)cc2/C=N/NC(=O)CSc2nc(C)cc(C)n2)cc1. The number of carbonyl (C=O) groups is 1. The summed E-state index contributed by atoms with van der Waals surface area (Å²) in [5.41, 5.74) is 7.65. The molecule has 0 saturated carbocycles. The van der Waals surface area contributed by atoms with Crippen molar-refractivity contribution >= 4 is 23.9 Å². The van der Waals surface area contributed by atoms with Crippen LogP contribution in [-0.4, -0.2) is 44.7 Å². The Labute approximate surface area is 202 Å². The van der Waals surface area contributed by atoms with E-state index >= 15 is 0 Å². The zero-order valence-electron chi connectivity index (χ0n) is 19.1. The molecule has 0 saturated heterocycles. The maximum Gasteiger partial charge on any atom is 0.250 e. The quantitative estimate of drug-likeness (QED) is 0.179. The summed E-state index contributed by atoms with van der Waals surface area (Å²) in [7, 11) is 1.63. The van der Waals surface area contributed by atoms with E-state index in [2.05, 4.69) is 20.5 Å². The Bertz CT molecular complexity index is 1280. The van der Waals surface area contributed by atoms with Crippen LogP contribution < -0.4 is 10.2 Å². The number of methoxy groups -OCH3 is 1. The first-order valence-electron chi connectivity index (χ1n) is 10.6. The van der Waals surface area contributed by atoms with Gasteiger partial charge >= 0.3 is 0 Å². The first-order valence-corrected chi connectivity index (χ1v) is 11.6. The normalized spacial score (nSPS) is 11.0. The van der Waals surface area contributed by atoms with Crippen LogP contribution in [0, 0.1) is 13.8 Å². The van der Waals surface area contributed by atoms with E-state index in [1.807, 2.05) is 80.7 Å². The minimum absolute atomic E-state index is 0.162. The number of hydrogen-bond acceptors (Lipinski definition) is 7. The van der Waals surface area contributed by atoms with Crippen molar-refractivity contribution < 1.29 is 9.53 Å². The monoisotopic (exact) mass is 472 g/mol. The van der Waals surface area contributed by atoms with Crippen LogP contribution in [0.15, 0.2) is 77.1 Å². The third-order valence-corrected chi connectivity index (χ3v) is 5.66. The molecule has 34 heavy (non-hydrogen) atoms. The highest BCUT2D eigenvalue weighted by Gasteiger charge is 2.12. The number of hydrogen-bond donors (Lipinski definition) is 1. The Hall–Kier alpha value is -3.98. The highest BCUT2D eigenvalue weighted by molar-refractivity contribution is 7.99. The van der Waals surface area contributed by atoms with Gasteiger partial charge in [-0.05, 0) is 56.3 Å². The molecule has 0 aliphatic carbocycles. The van der Waals surface area contributed by atoms with Gasteiger partial charge in [-0.3, -0.25) is 4.79 Å². The summed E-state index contributed by atoms with van der Waals surface area (Å²) < 4.78 is 7.05. The fraction of sp³-hybridized carbons (Fsp3) is 0.160. The number of aryl methyl sites for hydroxylation is 2. The smallest absolute Gasteiger partial charge is 0.250 e. The average molecular weight is 473 g/mol. The van der Waals surface area contributed by atoms with Gasteiger partial charge in [-0.1, -0.05) is 30.0 Å². The van der Waals surface area contributed by atoms with Crippen LogP contribution in [0.2, 0.25) is 0 Å². The number of ether oxygens (including phenoxy) is 1. The van der Waals surface area contributed by atoms with E-state index in [1.54, 1.807) is 18.0 Å². The fourth-order valence-corrected chi connectivity index (χ4v) is 4.00. The van der Waals surface area contributed by atoms with Gasteiger partial charge in [0, 0.05) is 28.7 Å². The molecule has 1 amide bonds. The molecule has 0 fully saturated rings. The van der Waals surface area contributed by atoms with Gasteiger partial charge in [-0.25, -0.2) is 20.1 Å². The molecule has 1 N–H and O–H groups in total. The van der Waals surface area contributed by atoms with Gasteiger partial charge in [-0.15, -0.1) is 0 Å². The summed E-state index contributed by atoms with van der Waals surface area (Å²) in [5.74, 6) is 0.680. The number of aromatic nitrogens is 4. The van der Waals surface area contributed by atoms with Crippen LogP contribution in [0.4, 0.5) is 0 Å². The lowest BCUT2D eigenvalue weighted by atomic mass is 10.1. The van der Waals surface area contributed by atoms with Gasteiger partial charge in [0.15, 0.2) is 5.16 Å². The molecule has 2 aromatic carbocycles. The van der Waals surface area contributed by atoms with E-state index in [-0.39, 0.29) is 11.7 Å². The molecule has 0 radical (unpaired) electrons. The molecule has 0 aliphatic rings. The standard InChI is InChI=1S/C25H24N6O2S/c1-17-13-18(2)28-25(27-17)34-16-23(32)29-26-14-20-15-31(21-7-5-4-6-8-21)30-24(20)19-9-11-22(33-3)12-10-19/h4-15H,16H2,1-3H3,(H,29,32)/b26-14+. The van der Waals surface area contributed by atoms with Crippen molar-refractivity contribution in [1.82, 2.24) is 25.2 Å². The van der Waals surface area contributed by atoms with Gasteiger partial charge < -0.3 is 4.74 Å². The third-order valence-electron chi connectivity index (χ3n) is 4.81. The molecule has 0 bridgehead atoms. The maximum atomic E-state index is 12.3. The van der Waals surface area contributed by atoms with Gasteiger partial charge in [0.2, 0.25) is 0 Å². The van der Waals surface area contributed by atoms with Crippen molar-refractivity contribution in [2.75, 3.05) is 12.9 Å². The van der Waals surface area contributed by atoms with Gasteiger partial charge in [0.05, 0.1) is 24.8 Å². The number of benzene rings is 2. The van der Waals surface area contributed by atoms with Crippen molar-refractivity contribution in [3.05, 3.63) is 83.8 Å². The highest BCUT2D eigenvalue weighted by atomic mass is 32.2. The number of rotatable bonds is 8. The summed E-state index contributed by atoms with van der Waals surface area (Å²) in [6, 6.07) is 19.3. The van der Waals surface area contributed by atoms with Gasteiger partial charge in [0.25, 0.3) is 5.91 Å². The number of hydrazone groups is 1. The molecule has 2 aromatic heterocycles. The second-order valence-corrected chi connectivity index (χ2v) is 8.40. The molecule has 2 heterocycles. The molecule has 0 aliphatic heterocycles. The van der Waals surface area contributed by atoms with Crippen molar-refractivity contribution in [2.24, 2.45) is 5.10 Å². The number of thioether (sulfide) groups is 1. The average Bonchev–Trinajstić information content (AvgIpc) is 3.27. The molecule has 4 rings (SSSR count). The molecule has 0 spiro atoms. The zero-order chi connectivity index (χ0) is 23.9. The summed E-state index contributed by atoms with van der Waals surface area (Å²) in [6.07, 6.45) is 3.48. The maximum absolute atomic E-state index is 12.3. The summed E-state index contributed by atoms with van der Waals surface area (Å²) in [5, 5.41) is 9.48. The van der Waals surface area contributed by atoms with Crippen molar-refractivity contribution in [1.29, 1.82) is 0 Å². The molecule has 172 valence electrons. The summed E-state index contributed by atoms with van der Waals surface area (Å²) in [6.45, 7) is 3.80. The predicted octanol–water partition coefficient (Wildman–Crippen LogP) is 4.20. The lowest BCUT2D eigenvalue weighted by Crippen LogP contribution is -2.19. The van der Waals surface area contributed by atoms with Crippen LogP contribution >= 0.6 is 11.8 Å². The van der Waals surface area contributed by atoms with E-state index in [0.717, 1.165) is 39.6 Å². The number of nitrogens with zero attached hydrogens (tertiary/aromatic N) is 5. The van der Waals surface area contributed by atoms with E-state index in [4.69, 9.17) is 9.84 Å². The minimum Gasteiger partial charge on any atom is -0.497 e. The molecule has 0 unspecified atom stereocenters. The number of para-hydroxylation sites is 1. The largest absolute Gasteiger partial charge is 0.497 e.